The lowest BCUT2D eigenvalue weighted by atomic mass is 10.0. The van der Waals surface area contributed by atoms with E-state index in [0.29, 0.717) is 6.42 Å². The Morgan fingerprint density at radius 3 is 2.00 bits per heavy atom. The Balaban J connectivity index is 4.82. The fourth-order valence-corrected chi connectivity index (χ4v) is 1.95. The highest BCUT2D eigenvalue weighted by Crippen LogP contribution is 2.11. The van der Waals surface area contributed by atoms with Crippen molar-refractivity contribution < 1.29 is 40.2 Å². The minimum Gasteiger partial charge on any atom is -0.394 e. The molecule has 0 saturated heterocycles. The largest absolute Gasteiger partial charge is 0.394 e. The first kappa shape index (κ1) is 21.2. The predicted octanol–water partition coefficient (Wildman–Crippen LogP) is -2.83. The van der Waals surface area contributed by atoms with E-state index in [1.165, 1.54) is 14.1 Å². The van der Waals surface area contributed by atoms with Gasteiger partial charge in [0.15, 0.2) is 6.10 Å². The van der Waals surface area contributed by atoms with E-state index < -0.39 is 47.6 Å². The van der Waals surface area contributed by atoms with Gasteiger partial charge in [-0.2, -0.15) is 4.65 Å². The Hall–Kier alpha value is -0.810. The summed E-state index contributed by atoms with van der Waals surface area (Å²) in [5, 5.41) is 59.2. The van der Waals surface area contributed by atoms with Gasteiger partial charge in [-0.25, -0.2) is 5.21 Å². The number of aliphatic hydroxyl groups excluding tert-OH is 5. The second kappa shape index (κ2) is 8.73. The summed E-state index contributed by atoms with van der Waals surface area (Å²) in [5.41, 5.74) is 0. The molecular weight excluding hydrogens is 296 g/mol. The number of hydrogen-bond acceptors (Lipinski definition) is 7. The molecule has 0 bridgehead atoms. The molecule has 9 nitrogen and oxygen atoms in total. The zero-order chi connectivity index (χ0) is 17.7. The number of quaternary nitrogens is 1. The van der Waals surface area contributed by atoms with Crippen molar-refractivity contribution in [3.63, 3.8) is 0 Å². The van der Waals surface area contributed by atoms with E-state index in [9.17, 15) is 30.4 Å². The van der Waals surface area contributed by atoms with Crippen molar-refractivity contribution in [1.29, 1.82) is 0 Å². The number of nitrogens with one attached hydrogen (secondary N) is 1. The molecule has 0 spiro atoms. The second-order valence-corrected chi connectivity index (χ2v) is 5.92. The fourth-order valence-electron chi connectivity index (χ4n) is 1.95. The monoisotopic (exact) mass is 325 g/mol. The van der Waals surface area contributed by atoms with Crippen LogP contribution in [0.5, 0.6) is 0 Å². The number of hydrogen-bond donors (Lipinski definition) is 7. The minimum atomic E-state index is -1.98. The van der Waals surface area contributed by atoms with Crippen LogP contribution in [0.1, 0.15) is 20.3 Å². The van der Waals surface area contributed by atoms with Crippen LogP contribution in [0, 0.1) is 0 Å². The fraction of sp³-hybridized carbons (Fsp3) is 0.923. The average molecular weight is 325 g/mol. The first-order valence-corrected chi connectivity index (χ1v) is 7.17. The van der Waals surface area contributed by atoms with Crippen LogP contribution in [-0.2, 0) is 4.79 Å². The van der Waals surface area contributed by atoms with E-state index in [0.717, 1.165) is 0 Å². The van der Waals surface area contributed by atoms with Crippen LogP contribution in [0.15, 0.2) is 0 Å². The Morgan fingerprint density at radius 2 is 1.64 bits per heavy atom. The Labute approximate surface area is 130 Å². The van der Waals surface area contributed by atoms with Crippen molar-refractivity contribution in [1.82, 2.24) is 5.32 Å². The molecule has 0 radical (unpaired) electrons. The number of carbonyl (C=O) groups excluding carboxylic acids is 1. The summed E-state index contributed by atoms with van der Waals surface area (Å²) in [6, 6.07) is -0.861. The van der Waals surface area contributed by atoms with Crippen molar-refractivity contribution in [2.24, 2.45) is 0 Å². The summed E-state index contributed by atoms with van der Waals surface area (Å²) in [5.74, 6) is -0.941. The number of rotatable bonds is 9. The molecule has 0 rings (SSSR count). The van der Waals surface area contributed by atoms with Gasteiger partial charge in [0.05, 0.1) is 26.7 Å². The molecule has 0 aromatic rings. The molecule has 22 heavy (non-hydrogen) atoms. The van der Waals surface area contributed by atoms with Crippen molar-refractivity contribution in [2.45, 2.75) is 56.8 Å². The lowest BCUT2D eigenvalue weighted by Gasteiger charge is -2.34. The maximum Gasteiger partial charge on any atom is 0.252 e. The van der Waals surface area contributed by atoms with Gasteiger partial charge in [0.2, 0.25) is 0 Å². The Kier molecular flexibility index (Phi) is 8.40. The summed E-state index contributed by atoms with van der Waals surface area (Å²) in [6.45, 7) is 2.67. The Morgan fingerprint density at radius 1 is 1.14 bits per heavy atom. The Bertz CT molecular complexity index is 348. The van der Waals surface area contributed by atoms with Gasteiger partial charge in [-0.1, -0.05) is 6.92 Å². The van der Waals surface area contributed by atoms with E-state index in [4.69, 9.17) is 5.11 Å². The normalized spacial score (nSPS) is 20.6. The molecule has 0 heterocycles. The molecule has 2 unspecified atom stereocenters. The number of carbonyl (C=O) groups is 1. The summed E-state index contributed by atoms with van der Waals surface area (Å²) in [6.07, 6.45) is -7.00. The molecule has 132 valence electrons. The summed E-state index contributed by atoms with van der Waals surface area (Å²) >= 11 is 0. The average Bonchev–Trinajstić information content (AvgIpc) is 2.47. The maximum absolute atomic E-state index is 11.9. The summed E-state index contributed by atoms with van der Waals surface area (Å²) in [4.78, 5) is 11.9. The van der Waals surface area contributed by atoms with Crippen LogP contribution in [0.2, 0.25) is 0 Å². The first-order chi connectivity index (χ1) is 9.97. The van der Waals surface area contributed by atoms with Crippen LogP contribution < -0.4 is 5.32 Å². The highest BCUT2D eigenvalue weighted by molar-refractivity contribution is 5.81. The molecule has 0 aliphatic rings. The van der Waals surface area contributed by atoms with E-state index in [1.807, 2.05) is 0 Å². The zero-order valence-corrected chi connectivity index (χ0v) is 13.4. The maximum atomic E-state index is 11.9. The highest BCUT2D eigenvalue weighted by atomic mass is 16.5. The predicted molar refractivity (Wildman–Crippen MR) is 76.7 cm³/mol. The topological polar surface area (TPSA) is 150 Å². The van der Waals surface area contributed by atoms with Crippen LogP contribution in [0.25, 0.3) is 0 Å². The van der Waals surface area contributed by atoms with Gasteiger partial charge in [0.25, 0.3) is 5.91 Å². The van der Waals surface area contributed by atoms with E-state index in [1.54, 1.807) is 13.8 Å². The van der Waals surface area contributed by atoms with Crippen LogP contribution in [0.3, 0.4) is 0 Å². The van der Waals surface area contributed by atoms with Gasteiger partial charge in [0.1, 0.15) is 24.4 Å². The van der Waals surface area contributed by atoms with Crippen molar-refractivity contribution in [3.05, 3.63) is 0 Å². The van der Waals surface area contributed by atoms with Crippen molar-refractivity contribution in [2.75, 3.05) is 20.7 Å². The summed E-state index contributed by atoms with van der Waals surface area (Å²) < 4.78 is -0.400. The highest BCUT2D eigenvalue weighted by Gasteiger charge is 2.37. The van der Waals surface area contributed by atoms with Gasteiger partial charge in [-0.05, 0) is 13.3 Å². The molecule has 0 saturated carbocycles. The third-order valence-electron chi connectivity index (χ3n) is 3.87. The molecule has 6 atom stereocenters. The van der Waals surface area contributed by atoms with Crippen molar-refractivity contribution >= 4 is 5.91 Å². The molecule has 0 aromatic heterocycles. The van der Waals surface area contributed by atoms with Gasteiger partial charge >= 0.3 is 0 Å². The molecule has 0 fully saturated rings. The third kappa shape index (κ3) is 5.76. The SMILES string of the molecule is CCC(NC(=O)[C@H](O)[C@@H](O)[C@H](O)[C@H](O)CO)C(C)[N+](C)(C)O. The number of hydroxylamine groups is 3. The smallest absolute Gasteiger partial charge is 0.252 e. The number of amides is 1. The van der Waals surface area contributed by atoms with Gasteiger partial charge in [-0.3, -0.25) is 4.79 Å². The van der Waals surface area contributed by atoms with Gasteiger partial charge in [-0.15, -0.1) is 0 Å². The van der Waals surface area contributed by atoms with Crippen LogP contribution >= 0.6 is 0 Å². The molecule has 1 amide bonds. The zero-order valence-electron chi connectivity index (χ0n) is 13.4. The quantitative estimate of drug-likeness (QED) is 0.178. The van der Waals surface area contributed by atoms with Crippen LogP contribution in [-0.4, -0.2) is 98.5 Å². The standard InChI is InChI=1S/C13H28N2O7/c1-5-8(7(2)15(3,4)22)14-13(21)12(20)11(19)10(18)9(17)6-16/h7-12,16-20,22H,5-6H2,1-4H3/p+1/t7?,8?,9-,10-,11+,12-/m1/s1. The van der Waals surface area contributed by atoms with Gasteiger partial charge < -0.3 is 30.8 Å². The van der Waals surface area contributed by atoms with E-state index in [-0.39, 0.29) is 6.04 Å². The number of likely N-dealkylation sites (N-methyl/N-ethyl adjacent to an activating group) is 1. The second-order valence-electron chi connectivity index (χ2n) is 5.92. The first-order valence-electron chi connectivity index (χ1n) is 7.17. The number of nitrogens with zero attached hydrogens (tertiary/aromatic N) is 1. The molecule has 0 aromatic carbocycles. The minimum absolute atomic E-state index is 0.383. The molecular formula is C13H29N2O7+. The molecule has 7 N–H and O–H groups in total. The van der Waals surface area contributed by atoms with Crippen LogP contribution in [0.4, 0.5) is 0 Å². The lowest BCUT2D eigenvalue weighted by Crippen LogP contribution is -2.59. The molecule has 9 heteroatoms. The molecule has 0 aliphatic carbocycles. The third-order valence-corrected chi connectivity index (χ3v) is 3.87. The molecule has 0 aliphatic heterocycles. The number of aliphatic hydroxyl groups is 5. The van der Waals surface area contributed by atoms with Crippen molar-refractivity contribution in [3.8, 4) is 0 Å². The van der Waals surface area contributed by atoms with Gasteiger partial charge in [0, 0.05) is 0 Å². The summed E-state index contributed by atoms with van der Waals surface area (Å²) in [7, 11) is 3.07. The lowest BCUT2D eigenvalue weighted by molar-refractivity contribution is -1.09. The van der Waals surface area contributed by atoms with E-state index in [2.05, 4.69) is 5.32 Å². The van der Waals surface area contributed by atoms with E-state index >= 15 is 0 Å².